The zero-order chi connectivity index (χ0) is 16.1. The van der Waals surface area contributed by atoms with Crippen molar-refractivity contribution in [3.8, 4) is 0 Å². The van der Waals surface area contributed by atoms with Crippen LogP contribution in [0, 0.1) is 5.82 Å². The second-order valence-electron chi connectivity index (χ2n) is 4.16. The second kappa shape index (κ2) is 6.81. The molecule has 8 heteroatoms. The smallest absolute Gasteiger partial charge is 0.338 e. The van der Waals surface area contributed by atoms with E-state index in [1.54, 1.807) is 5.38 Å². The number of hydrogen-bond acceptors (Lipinski definition) is 5. The van der Waals surface area contributed by atoms with Crippen LogP contribution in [0.2, 0.25) is 0 Å². The Morgan fingerprint density at radius 2 is 2.05 bits per heavy atom. The summed E-state index contributed by atoms with van der Waals surface area (Å²) in [6, 6.07) is 6.39. The molecule has 1 aromatic carbocycles. The van der Waals surface area contributed by atoms with E-state index in [9.17, 15) is 18.8 Å². The summed E-state index contributed by atoms with van der Waals surface area (Å²) in [4.78, 5) is 34.4. The number of carbonyl (C=O) groups is 3. The maximum Gasteiger partial charge on any atom is 0.338 e. The van der Waals surface area contributed by atoms with E-state index in [0.29, 0.717) is 0 Å². The molecule has 0 spiro atoms. The number of esters is 1. The van der Waals surface area contributed by atoms with Gasteiger partial charge in [-0.2, -0.15) is 0 Å². The highest BCUT2D eigenvalue weighted by Crippen LogP contribution is 2.22. The number of benzene rings is 1. The molecule has 22 heavy (non-hydrogen) atoms. The first-order chi connectivity index (χ1) is 10.5. The molecule has 2 aromatic rings. The van der Waals surface area contributed by atoms with Crippen molar-refractivity contribution in [1.82, 2.24) is 0 Å². The number of ether oxygens (including phenoxy) is 1. The normalized spacial score (nSPS) is 10.0. The van der Waals surface area contributed by atoms with Gasteiger partial charge in [-0.1, -0.05) is 6.07 Å². The molecule has 114 valence electrons. The van der Waals surface area contributed by atoms with E-state index in [0.717, 1.165) is 17.4 Å². The van der Waals surface area contributed by atoms with Gasteiger partial charge in [0.25, 0.3) is 11.8 Å². The Balaban J connectivity index is 1.91. The molecular formula is C14H11FN2O4S. The van der Waals surface area contributed by atoms with E-state index in [2.05, 4.69) is 5.32 Å². The minimum atomic E-state index is -0.823. The molecule has 2 amide bonds. The largest absolute Gasteiger partial charge is 0.452 e. The quantitative estimate of drug-likeness (QED) is 0.820. The van der Waals surface area contributed by atoms with Gasteiger partial charge in [-0.15, -0.1) is 11.3 Å². The number of primary amides is 1. The molecule has 0 saturated heterocycles. The summed E-state index contributed by atoms with van der Waals surface area (Å²) in [5.74, 6) is -2.71. The van der Waals surface area contributed by atoms with Gasteiger partial charge in [0.2, 0.25) is 0 Å². The lowest BCUT2D eigenvalue weighted by Crippen LogP contribution is -2.22. The minimum absolute atomic E-state index is 0.00162. The first-order valence-electron chi connectivity index (χ1n) is 6.07. The molecule has 0 aliphatic heterocycles. The van der Waals surface area contributed by atoms with Gasteiger partial charge in [0, 0.05) is 0 Å². The number of nitrogens with one attached hydrogen (secondary N) is 1. The summed E-state index contributed by atoms with van der Waals surface area (Å²) in [6.07, 6.45) is 0. The van der Waals surface area contributed by atoms with Crippen LogP contribution in [0.15, 0.2) is 35.7 Å². The van der Waals surface area contributed by atoms with E-state index in [-0.39, 0.29) is 16.1 Å². The van der Waals surface area contributed by atoms with Crippen molar-refractivity contribution in [2.75, 3.05) is 11.9 Å². The second-order valence-corrected chi connectivity index (χ2v) is 5.08. The summed E-state index contributed by atoms with van der Waals surface area (Å²) in [7, 11) is 0. The Labute approximate surface area is 128 Å². The van der Waals surface area contributed by atoms with Gasteiger partial charge < -0.3 is 15.8 Å². The number of amides is 2. The molecule has 3 N–H and O–H groups in total. The molecule has 0 bridgehead atoms. The van der Waals surface area contributed by atoms with Crippen molar-refractivity contribution in [1.29, 1.82) is 0 Å². The zero-order valence-electron chi connectivity index (χ0n) is 11.2. The van der Waals surface area contributed by atoms with Gasteiger partial charge >= 0.3 is 5.97 Å². The van der Waals surface area contributed by atoms with Gasteiger partial charge in [-0.3, -0.25) is 9.59 Å². The molecule has 0 atom stereocenters. The van der Waals surface area contributed by atoms with Crippen molar-refractivity contribution >= 4 is 34.1 Å². The van der Waals surface area contributed by atoms with Gasteiger partial charge in [-0.25, -0.2) is 9.18 Å². The third-order valence-corrected chi connectivity index (χ3v) is 3.41. The van der Waals surface area contributed by atoms with Crippen LogP contribution in [0.4, 0.5) is 9.39 Å². The van der Waals surface area contributed by atoms with E-state index in [1.165, 1.54) is 24.3 Å². The monoisotopic (exact) mass is 322 g/mol. The highest BCUT2D eigenvalue weighted by Gasteiger charge is 2.14. The van der Waals surface area contributed by atoms with Crippen LogP contribution in [-0.2, 0) is 9.53 Å². The molecule has 2 rings (SSSR count). The van der Waals surface area contributed by atoms with Crippen molar-refractivity contribution in [3.05, 3.63) is 52.7 Å². The Hall–Kier alpha value is -2.74. The molecule has 0 unspecified atom stereocenters. The SMILES string of the molecule is NC(=O)c1ccsc1NC(=O)COC(=O)c1cccc(F)c1. The molecule has 1 aromatic heterocycles. The van der Waals surface area contributed by atoms with Crippen LogP contribution in [0.25, 0.3) is 0 Å². The number of hydrogen-bond donors (Lipinski definition) is 2. The molecule has 0 fully saturated rings. The highest BCUT2D eigenvalue weighted by atomic mass is 32.1. The average Bonchev–Trinajstić information content (AvgIpc) is 2.93. The number of carbonyl (C=O) groups excluding carboxylic acids is 3. The lowest BCUT2D eigenvalue weighted by atomic mass is 10.2. The molecule has 6 nitrogen and oxygen atoms in total. The third-order valence-electron chi connectivity index (χ3n) is 2.58. The molecule has 0 aliphatic rings. The van der Waals surface area contributed by atoms with Crippen LogP contribution in [0.5, 0.6) is 0 Å². The average molecular weight is 322 g/mol. The van der Waals surface area contributed by atoms with Crippen LogP contribution < -0.4 is 11.1 Å². The molecule has 1 heterocycles. The fraction of sp³-hybridized carbons (Fsp3) is 0.0714. The fourth-order valence-corrected chi connectivity index (χ4v) is 2.40. The first kappa shape index (κ1) is 15.6. The van der Waals surface area contributed by atoms with E-state index < -0.39 is 30.2 Å². The van der Waals surface area contributed by atoms with Gasteiger partial charge in [0.05, 0.1) is 11.1 Å². The summed E-state index contributed by atoms with van der Waals surface area (Å²) >= 11 is 1.12. The number of halogens is 1. The predicted molar refractivity (Wildman–Crippen MR) is 78.1 cm³/mol. The Kier molecular flexibility index (Phi) is 4.84. The van der Waals surface area contributed by atoms with Crippen LogP contribution in [-0.4, -0.2) is 24.4 Å². The fourth-order valence-electron chi connectivity index (χ4n) is 1.59. The number of nitrogens with two attached hydrogens (primary N) is 1. The summed E-state index contributed by atoms with van der Waals surface area (Å²) in [6.45, 7) is -0.564. The predicted octanol–water partition coefficient (Wildman–Crippen LogP) is 1.78. The van der Waals surface area contributed by atoms with Gasteiger partial charge in [0.15, 0.2) is 6.61 Å². The third kappa shape index (κ3) is 3.89. The van der Waals surface area contributed by atoms with Crippen molar-refractivity contribution in [3.63, 3.8) is 0 Å². The molecule has 0 radical (unpaired) electrons. The molecular weight excluding hydrogens is 311 g/mol. The highest BCUT2D eigenvalue weighted by molar-refractivity contribution is 7.14. The molecule has 0 saturated carbocycles. The lowest BCUT2D eigenvalue weighted by molar-refractivity contribution is -0.119. The van der Waals surface area contributed by atoms with Crippen LogP contribution >= 0.6 is 11.3 Å². The molecule has 0 aliphatic carbocycles. The summed E-state index contributed by atoms with van der Waals surface area (Å²) in [5, 5.41) is 4.29. The van der Waals surface area contributed by atoms with Crippen molar-refractivity contribution < 1.29 is 23.5 Å². The minimum Gasteiger partial charge on any atom is -0.452 e. The van der Waals surface area contributed by atoms with Crippen molar-refractivity contribution in [2.24, 2.45) is 5.73 Å². The van der Waals surface area contributed by atoms with Gasteiger partial charge in [-0.05, 0) is 29.6 Å². The Morgan fingerprint density at radius 3 is 2.73 bits per heavy atom. The van der Waals surface area contributed by atoms with E-state index >= 15 is 0 Å². The maximum absolute atomic E-state index is 13.0. The summed E-state index contributed by atoms with van der Waals surface area (Å²) < 4.78 is 17.7. The number of rotatable bonds is 5. The zero-order valence-corrected chi connectivity index (χ0v) is 12.0. The Morgan fingerprint density at radius 1 is 1.27 bits per heavy atom. The Bertz CT molecular complexity index is 729. The number of anilines is 1. The summed E-state index contributed by atoms with van der Waals surface area (Å²) in [5.41, 5.74) is 5.32. The standard InChI is InChI=1S/C14H11FN2O4S/c15-9-3-1-2-8(6-9)14(20)21-7-11(18)17-13-10(12(16)19)4-5-22-13/h1-6H,7H2,(H2,16,19)(H,17,18). The van der Waals surface area contributed by atoms with Crippen molar-refractivity contribution in [2.45, 2.75) is 0 Å². The van der Waals surface area contributed by atoms with Crippen LogP contribution in [0.3, 0.4) is 0 Å². The van der Waals surface area contributed by atoms with E-state index in [1.807, 2.05) is 0 Å². The van der Waals surface area contributed by atoms with E-state index in [4.69, 9.17) is 10.5 Å². The topological polar surface area (TPSA) is 98.5 Å². The van der Waals surface area contributed by atoms with Gasteiger partial charge in [0.1, 0.15) is 10.8 Å². The first-order valence-corrected chi connectivity index (χ1v) is 6.95. The van der Waals surface area contributed by atoms with Crippen LogP contribution in [0.1, 0.15) is 20.7 Å². The maximum atomic E-state index is 13.0. The number of thiophene rings is 1. The lowest BCUT2D eigenvalue weighted by Gasteiger charge is -2.06.